The summed E-state index contributed by atoms with van der Waals surface area (Å²) in [6.45, 7) is 12.7. The minimum Gasteiger partial charge on any atom is -0.444 e. The summed E-state index contributed by atoms with van der Waals surface area (Å²) in [6.07, 6.45) is -2.54. The number of nitrogens with zero attached hydrogens (tertiary/aromatic N) is 1. The van der Waals surface area contributed by atoms with Crippen LogP contribution in [0.3, 0.4) is 0 Å². The first-order chi connectivity index (χ1) is 19.0. The molecule has 0 bridgehead atoms. The molecule has 41 heavy (non-hydrogen) atoms. The fraction of sp³-hybridized carbons (Fsp3) is 0.567. The molecule has 1 aromatic heterocycles. The van der Waals surface area contributed by atoms with Crippen molar-refractivity contribution in [1.82, 2.24) is 15.6 Å². The molecule has 0 saturated heterocycles. The van der Waals surface area contributed by atoms with Crippen LogP contribution < -0.4 is 21.1 Å². The summed E-state index contributed by atoms with van der Waals surface area (Å²) >= 11 is 0. The molecule has 2 aromatic rings. The first kappa shape index (κ1) is 32.0. The molecular weight excluding hydrogens is 537 g/mol. The van der Waals surface area contributed by atoms with Crippen LogP contribution in [0.4, 0.5) is 23.7 Å². The number of hydrogen-bond acceptors (Lipinski definition) is 5. The molecule has 1 aliphatic carbocycles. The van der Waals surface area contributed by atoms with Crippen molar-refractivity contribution in [2.24, 2.45) is 0 Å². The van der Waals surface area contributed by atoms with Crippen LogP contribution in [-0.2, 0) is 17.5 Å². The van der Waals surface area contributed by atoms with Gasteiger partial charge in [0.15, 0.2) is 0 Å². The maximum atomic E-state index is 14.0. The molecule has 3 N–H and O–H groups in total. The maximum absolute atomic E-state index is 14.0. The van der Waals surface area contributed by atoms with Crippen molar-refractivity contribution in [3.63, 3.8) is 0 Å². The zero-order valence-corrected chi connectivity index (χ0v) is 24.8. The van der Waals surface area contributed by atoms with E-state index in [4.69, 9.17) is 4.74 Å². The van der Waals surface area contributed by atoms with Crippen molar-refractivity contribution in [2.45, 2.75) is 105 Å². The number of alkyl carbamates (subject to hydrolysis) is 1. The number of aryl methyl sites for hydroxylation is 2. The van der Waals surface area contributed by atoms with Crippen LogP contribution >= 0.6 is 0 Å². The highest BCUT2D eigenvalue weighted by Gasteiger charge is 2.35. The van der Waals surface area contributed by atoms with Crippen LogP contribution in [0, 0.1) is 20.8 Å². The minimum absolute atomic E-state index is 0.0662. The van der Waals surface area contributed by atoms with Crippen LogP contribution in [0.2, 0.25) is 0 Å². The van der Waals surface area contributed by atoms with Gasteiger partial charge >= 0.3 is 12.3 Å². The first-order valence-corrected chi connectivity index (χ1v) is 14.0. The van der Waals surface area contributed by atoms with Crippen LogP contribution in [0.1, 0.15) is 91.7 Å². The second kappa shape index (κ2) is 12.6. The number of H-pyrrole nitrogens is 1. The van der Waals surface area contributed by atoms with Gasteiger partial charge in [-0.15, -0.1) is 0 Å². The van der Waals surface area contributed by atoms with E-state index < -0.39 is 29.3 Å². The molecule has 0 aliphatic heterocycles. The second-order valence-electron chi connectivity index (χ2n) is 11.7. The van der Waals surface area contributed by atoms with Crippen molar-refractivity contribution in [3.05, 3.63) is 62.1 Å². The SMILES string of the molecule is CCN(c1cc(C(F)(F)F)cc(C(=O)NCc2c(C)cc(C)[nH]c2=O)c1C)C1CCC(NC(=O)OC(C)(C)C)CC1. The number of amides is 2. The number of carbonyl (C=O) groups is 2. The van der Waals surface area contributed by atoms with Gasteiger partial charge in [0.25, 0.3) is 11.5 Å². The molecule has 1 heterocycles. The highest BCUT2D eigenvalue weighted by Crippen LogP contribution is 2.37. The van der Waals surface area contributed by atoms with Gasteiger partial charge in [0, 0.05) is 47.7 Å². The Morgan fingerprint density at radius 1 is 1.05 bits per heavy atom. The Morgan fingerprint density at radius 2 is 1.68 bits per heavy atom. The van der Waals surface area contributed by atoms with Gasteiger partial charge in [0.1, 0.15) is 5.60 Å². The summed E-state index contributed by atoms with van der Waals surface area (Å²) in [4.78, 5) is 42.4. The minimum atomic E-state index is -4.66. The summed E-state index contributed by atoms with van der Waals surface area (Å²) in [6, 6.07) is 3.60. The Kier molecular flexibility index (Phi) is 9.81. The fourth-order valence-corrected chi connectivity index (χ4v) is 5.39. The van der Waals surface area contributed by atoms with Gasteiger partial charge in [0.2, 0.25) is 0 Å². The van der Waals surface area contributed by atoms with Crippen LogP contribution in [0.25, 0.3) is 0 Å². The third-order valence-corrected chi connectivity index (χ3v) is 7.38. The second-order valence-corrected chi connectivity index (χ2v) is 11.7. The standard InChI is InChI=1S/C30H41F3N4O4/c1-8-37(22-11-9-21(10-12-22)36-28(40)41-29(5,6)7)25-15-20(30(31,32)33)14-23(19(25)4)26(38)34-16-24-17(2)13-18(3)35-27(24)39/h13-15,21-22H,8-12,16H2,1-7H3,(H,34,38)(H,35,39)(H,36,40). The molecule has 0 spiro atoms. The largest absolute Gasteiger partial charge is 0.444 e. The van der Waals surface area contributed by atoms with E-state index in [9.17, 15) is 27.6 Å². The number of benzene rings is 1. The third kappa shape index (κ3) is 8.27. The van der Waals surface area contributed by atoms with E-state index in [0.717, 1.165) is 12.1 Å². The normalized spacial score (nSPS) is 17.6. The predicted molar refractivity (Wildman–Crippen MR) is 152 cm³/mol. The number of hydrogen-bond donors (Lipinski definition) is 3. The van der Waals surface area contributed by atoms with Crippen molar-refractivity contribution in [3.8, 4) is 0 Å². The average molecular weight is 579 g/mol. The van der Waals surface area contributed by atoms with Gasteiger partial charge in [0.05, 0.1) is 5.56 Å². The lowest BCUT2D eigenvalue weighted by atomic mass is 9.89. The zero-order valence-electron chi connectivity index (χ0n) is 24.8. The number of nitrogens with one attached hydrogen (secondary N) is 3. The van der Waals surface area contributed by atoms with E-state index in [1.165, 1.54) is 0 Å². The molecule has 226 valence electrons. The van der Waals surface area contributed by atoms with Crippen LogP contribution in [0.5, 0.6) is 0 Å². The number of alkyl halides is 3. The van der Waals surface area contributed by atoms with E-state index in [-0.39, 0.29) is 29.8 Å². The molecule has 1 saturated carbocycles. The van der Waals surface area contributed by atoms with Gasteiger partial charge in [-0.2, -0.15) is 13.2 Å². The first-order valence-electron chi connectivity index (χ1n) is 14.0. The molecule has 11 heteroatoms. The molecule has 1 fully saturated rings. The number of ether oxygens (including phenoxy) is 1. The third-order valence-electron chi connectivity index (χ3n) is 7.38. The molecule has 0 unspecified atom stereocenters. The Balaban J connectivity index is 1.83. The molecule has 1 aromatic carbocycles. The van der Waals surface area contributed by atoms with E-state index in [0.29, 0.717) is 60.3 Å². The average Bonchev–Trinajstić information content (AvgIpc) is 2.83. The van der Waals surface area contributed by atoms with Crippen LogP contribution in [-0.4, -0.2) is 41.2 Å². The van der Waals surface area contributed by atoms with Gasteiger partial charge in [-0.05, 0) is 103 Å². The lowest BCUT2D eigenvalue weighted by molar-refractivity contribution is -0.137. The maximum Gasteiger partial charge on any atom is 0.416 e. The molecule has 8 nitrogen and oxygen atoms in total. The quantitative estimate of drug-likeness (QED) is 0.379. The number of carbonyl (C=O) groups excluding carboxylic acids is 2. The van der Waals surface area contributed by atoms with Gasteiger partial charge in [-0.3, -0.25) is 9.59 Å². The van der Waals surface area contributed by atoms with Gasteiger partial charge in [-0.25, -0.2) is 4.79 Å². The van der Waals surface area contributed by atoms with Crippen molar-refractivity contribution in [1.29, 1.82) is 0 Å². The number of aromatic nitrogens is 1. The predicted octanol–water partition coefficient (Wildman–Crippen LogP) is 5.91. The lowest BCUT2D eigenvalue weighted by Gasteiger charge is -2.39. The molecule has 1 aliphatic rings. The van der Waals surface area contributed by atoms with Crippen LogP contribution in [0.15, 0.2) is 23.0 Å². The molecule has 3 rings (SSSR count). The number of anilines is 1. The van der Waals surface area contributed by atoms with Crippen molar-refractivity contribution >= 4 is 17.7 Å². The summed E-state index contributed by atoms with van der Waals surface area (Å²) in [5.74, 6) is -0.685. The topological polar surface area (TPSA) is 104 Å². The number of rotatable bonds is 7. The number of halogens is 3. The highest BCUT2D eigenvalue weighted by molar-refractivity contribution is 5.97. The zero-order chi connectivity index (χ0) is 30.7. The Bertz CT molecular complexity index is 1320. The Morgan fingerprint density at radius 3 is 2.22 bits per heavy atom. The van der Waals surface area contributed by atoms with E-state index in [1.807, 2.05) is 11.8 Å². The molecule has 0 atom stereocenters. The number of pyridine rings is 1. The Hall–Kier alpha value is -3.50. The number of aromatic amines is 1. The highest BCUT2D eigenvalue weighted by atomic mass is 19.4. The Labute approximate surface area is 239 Å². The van der Waals surface area contributed by atoms with Crippen molar-refractivity contribution < 1.29 is 27.5 Å². The molecule has 2 amide bonds. The summed E-state index contributed by atoms with van der Waals surface area (Å²) in [7, 11) is 0. The van der Waals surface area contributed by atoms with Gasteiger partial charge < -0.3 is 25.3 Å². The fourth-order valence-electron chi connectivity index (χ4n) is 5.39. The van der Waals surface area contributed by atoms with E-state index in [1.54, 1.807) is 47.6 Å². The smallest absolute Gasteiger partial charge is 0.416 e. The summed E-state index contributed by atoms with van der Waals surface area (Å²) < 4.78 is 47.3. The van der Waals surface area contributed by atoms with E-state index >= 15 is 0 Å². The van der Waals surface area contributed by atoms with Gasteiger partial charge in [-0.1, -0.05) is 0 Å². The lowest BCUT2D eigenvalue weighted by Crippen LogP contribution is -2.45. The summed E-state index contributed by atoms with van der Waals surface area (Å²) in [5, 5.41) is 5.53. The molecule has 0 radical (unpaired) electrons. The monoisotopic (exact) mass is 578 g/mol. The van der Waals surface area contributed by atoms with E-state index in [2.05, 4.69) is 15.6 Å². The molecular formula is C30H41F3N4O4. The summed E-state index contributed by atoms with van der Waals surface area (Å²) in [5.41, 5.74) is 0.526. The van der Waals surface area contributed by atoms with Crippen molar-refractivity contribution in [2.75, 3.05) is 11.4 Å².